The summed E-state index contributed by atoms with van der Waals surface area (Å²) in [5.41, 5.74) is 7.67. The Bertz CT molecular complexity index is 1580. The first-order valence-electron chi connectivity index (χ1n) is 13.1. The van der Waals surface area contributed by atoms with Gasteiger partial charge in [-0.25, -0.2) is 17.7 Å². The summed E-state index contributed by atoms with van der Waals surface area (Å²) in [6.45, 7) is 6.78. The first-order chi connectivity index (χ1) is 18.2. The number of carboxylic acid groups (broad SMARTS) is 1. The second-order valence-corrected chi connectivity index (χ2v) is 17.2. The summed E-state index contributed by atoms with van der Waals surface area (Å²) in [4.78, 5) is 12.9. The Morgan fingerprint density at radius 3 is 2.36 bits per heavy atom. The Balaban J connectivity index is 1.87. The van der Waals surface area contributed by atoms with Gasteiger partial charge in [-0.1, -0.05) is 25.2 Å². The highest BCUT2D eigenvalue weighted by Crippen LogP contribution is 2.42. The van der Waals surface area contributed by atoms with Gasteiger partial charge in [-0.05, 0) is 88.3 Å². The third kappa shape index (κ3) is 5.57. The predicted molar refractivity (Wildman–Crippen MR) is 159 cm³/mol. The number of carbonyl (C=O) groups excluding carboxylic acids is 1. The zero-order valence-electron chi connectivity index (χ0n) is 23.8. The monoisotopic (exact) mass is 563 g/mol. The Labute approximate surface area is 232 Å². The van der Waals surface area contributed by atoms with E-state index in [-0.39, 0.29) is 24.3 Å². The number of fused-ring (bicyclic) bond motifs is 2. The molecule has 0 amide bonds. The van der Waals surface area contributed by atoms with Crippen molar-refractivity contribution in [1.82, 2.24) is 4.72 Å². The molecule has 0 unspecified atom stereocenters. The van der Waals surface area contributed by atoms with E-state index in [0.717, 1.165) is 28.1 Å². The van der Waals surface area contributed by atoms with Crippen LogP contribution in [0.5, 0.6) is 0 Å². The molecule has 0 saturated carbocycles. The molecule has 1 N–H and O–H groups in total. The topological polar surface area (TPSA) is 92.5 Å². The van der Waals surface area contributed by atoms with Crippen LogP contribution in [0.25, 0.3) is 5.57 Å². The fraction of sp³-hybridized carbons (Fsp3) is 0.333. The zero-order valence-corrected chi connectivity index (χ0v) is 25.6. The van der Waals surface area contributed by atoms with Gasteiger partial charge >= 0.3 is 0 Å². The van der Waals surface area contributed by atoms with Crippen molar-refractivity contribution >= 4 is 46.2 Å². The molecule has 4 rings (SSSR count). The van der Waals surface area contributed by atoms with Crippen molar-refractivity contribution in [1.29, 1.82) is 0 Å². The number of rotatable bonds is 8. The van der Waals surface area contributed by atoms with E-state index in [9.17, 15) is 18.3 Å². The molecule has 9 heteroatoms. The average molecular weight is 564 g/mol. The molecule has 206 valence electrons. The number of benzene rings is 2. The van der Waals surface area contributed by atoms with Crippen LogP contribution >= 0.6 is 0 Å². The normalized spacial score (nSPS) is 16.0. The van der Waals surface area contributed by atoms with Crippen LogP contribution in [0, 0.1) is 6.92 Å². The number of allylic oxidation sites excluding steroid dienone is 5. The van der Waals surface area contributed by atoms with Crippen molar-refractivity contribution in [3.63, 3.8) is 0 Å². The molecule has 0 radical (unpaired) electrons. The minimum atomic E-state index is -3.77. The van der Waals surface area contributed by atoms with E-state index in [1.807, 2.05) is 13.0 Å². The number of carbonyl (C=O) groups is 1. The first kappa shape index (κ1) is 28.7. The Hall–Kier alpha value is -3.27. The van der Waals surface area contributed by atoms with Crippen LogP contribution in [-0.4, -0.2) is 67.5 Å². The first-order valence-corrected chi connectivity index (χ1v) is 17.5. The molecule has 1 aliphatic heterocycles. The number of carboxylic acids is 1. The predicted octanol–water partition coefficient (Wildman–Crippen LogP) is 2.35. The lowest BCUT2D eigenvalue weighted by Crippen LogP contribution is -2.49. The van der Waals surface area contributed by atoms with Gasteiger partial charge in [0.05, 0.1) is 4.90 Å². The molecule has 7 nitrogen and oxygen atoms in total. The summed E-state index contributed by atoms with van der Waals surface area (Å²) in [5.74, 6) is -1.19. The van der Waals surface area contributed by atoms with Gasteiger partial charge < -0.3 is 14.8 Å². The maximum atomic E-state index is 12.9. The van der Waals surface area contributed by atoms with Crippen LogP contribution in [-0.2, 0) is 14.8 Å². The summed E-state index contributed by atoms with van der Waals surface area (Å²) in [5, 5.41) is 13.4. The average Bonchev–Trinajstić information content (AvgIpc) is 2.87. The molecule has 0 bridgehead atoms. The van der Waals surface area contributed by atoms with E-state index in [0.29, 0.717) is 0 Å². The largest absolute Gasteiger partial charge is 0.550 e. The van der Waals surface area contributed by atoms with E-state index in [2.05, 4.69) is 91.9 Å². The molecule has 39 heavy (non-hydrogen) atoms. The molecular weight excluding hydrogens is 527 g/mol. The van der Waals surface area contributed by atoms with Gasteiger partial charge in [0, 0.05) is 44.4 Å². The summed E-state index contributed by atoms with van der Waals surface area (Å²) >= 11 is 0. The lowest BCUT2D eigenvalue weighted by Gasteiger charge is -2.38. The number of anilines is 1. The number of nitrogens with one attached hydrogen (secondary N) is 1. The summed E-state index contributed by atoms with van der Waals surface area (Å²) in [6, 6.07) is 11.9. The van der Waals surface area contributed by atoms with Gasteiger partial charge in [-0.15, -0.1) is 0 Å². The number of hydrogen-bond donors (Lipinski definition) is 1. The highest BCUT2D eigenvalue weighted by molar-refractivity contribution is 7.89. The lowest BCUT2D eigenvalue weighted by atomic mass is 9.87. The Kier molecular flexibility index (Phi) is 7.89. The standard InChI is InChI=1S/C30H37N3O4SSi/c1-20-17-23(38(36,37)31-16-8-9-29(34)35)12-15-24(20)30-25-13-10-21(32(2)3)18-27(25)39(6,7)28-19-22(33(4)5)11-14-26(28)30/h10-15,17-19,31H,8-9,16H2,1-7H3. The number of hydrogen-bond acceptors (Lipinski definition) is 5. The van der Waals surface area contributed by atoms with E-state index in [4.69, 9.17) is 0 Å². The van der Waals surface area contributed by atoms with Crippen molar-refractivity contribution in [2.75, 3.05) is 39.6 Å². The quantitative estimate of drug-likeness (QED) is 0.303. The van der Waals surface area contributed by atoms with Crippen LogP contribution < -0.4 is 19.9 Å². The SMILES string of the molecule is Cc1cc(S(=O)(=O)NCCCC(=O)[O-])ccc1C1=C2C=CC(=[N+](C)C)C=C2[Si](C)(C)c2cc(N(C)C)ccc21. The van der Waals surface area contributed by atoms with Gasteiger partial charge in [-0.3, -0.25) is 0 Å². The van der Waals surface area contributed by atoms with Gasteiger partial charge in [0.15, 0.2) is 5.71 Å². The molecule has 0 atom stereocenters. The van der Waals surface area contributed by atoms with E-state index in [1.165, 1.54) is 21.5 Å². The smallest absolute Gasteiger partial charge is 0.240 e. The third-order valence-corrected chi connectivity index (χ3v) is 12.5. The van der Waals surface area contributed by atoms with Crippen molar-refractivity contribution in [2.24, 2.45) is 0 Å². The Morgan fingerprint density at radius 1 is 1.05 bits per heavy atom. The molecular formula is C30H37N3O4SSi. The van der Waals surface area contributed by atoms with Gasteiger partial charge in [0.2, 0.25) is 10.0 Å². The van der Waals surface area contributed by atoms with Crippen molar-refractivity contribution in [2.45, 2.75) is 37.8 Å². The molecule has 2 aromatic rings. The second-order valence-electron chi connectivity index (χ2n) is 11.1. The van der Waals surface area contributed by atoms with Crippen LogP contribution in [0.4, 0.5) is 5.69 Å². The maximum Gasteiger partial charge on any atom is 0.240 e. The number of aliphatic carboxylic acids is 1. The van der Waals surface area contributed by atoms with E-state index >= 15 is 0 Å². The number of aryl methyl sites for hydroxylation is 1. The van der Waals surface area contributed by atoms with Gasteiger partial charge in [0.1, 0.15) is 22.2 Å². The summed E-state index contributed by atoms with van der Waals surface area (Å²) < 4.78 is 30.5. The van der Waals surface area contributed by atoms with Crippen molar-refractivity contribution in [3.8, 4) is 0 Å². The van der Waals surface area contributed by atoms with Crippen LogP contribution in [0.2, 0.25) is 13.1 Å². The van der Waals surface area contributed by atoms with Gasteiger partial charge in [0.25, 0.3) is 0 Å². The number of nitrogens with zero attached hydrogens (tertiary/aromatic N) is 2. The summed E-state index contributed by atoms with van der Waals surface area (Å²) in [7, 11) is 2.37. The maximum absolute atomic E-state index is 12.9. The Morgan fingerprint density at radius 2 is 1.74 bits per heavy atom. The van der Waals surface area contributed by atoms with Crippen molar-refractivity contribution in [3.05, 3.63) is 82.1 Å². The molecule has 2 aromatic carbocycles. The van der Waals surface area contributed by atoms with Crippen LogP contribution in [0.3, 0.4) is 0 Å². The molecule has 0 fully saturated rings. The van der Waals surface area contributed by atoms with Crippen LogP contribution in [0.15, 0.2) is 70.3 Å². The molecule has 0 saturated heterocycles. The highest BCUT2D eigenvalue weighted by Gasteiger charge is 2.40. The van der Waals surface area contributed by atoms with Crippen molar-refractivity contribution < 1.29 is 22.9 Å². The fourth-order valence-electron chi connectivity index (χ4n) is 5.28. The van der Waals surface area contributed by atoms with Gasteiger partial charge in [-0.2, -0.15) is 0 Å². The highest BCUT2D eigenvalue weighted by atomic mass is 32.2. The molecule has 0 aromatic heterocycles. The number of sulfonamides is 1. The van der Waals surface area contributed by atoms with E-state index < -0.39 is 24.1 Å². The molecule has 2 aliphatic rings. The minimum absolute atomic E-state index is 0.0391. The molecule has 1 heterocycles. The molecule has 0 spiro atoms. The zero-order chi connectivity index (χ0) is 28.7. The summed E-state index contributed by atoms with van der Waals surface area (Å²) in [6.07, 6.45) is 6.65. The van der Waals surface area contributed by atoms with Crippen LogP contribution in [0.1, 0.15) is 29.5 Å². The van der Waals surface area contributed by atoms with E-state index in [1.54, 1.807) is 12.1 Å². The third-order valence-electron chi connectivity index (χ3n) is 7.55. The molecule has 1 aliphatic carbocycles. The lowest BCUT2D eigenvalue weighted by molar-refractivity contribution is -0.462. The minimum Gasteiger partial charge on any atom is -0.550 e. The second kappa shape index (κ2) is 10.7. The fourth-order valence-corrected chi connectivity index (χ4v) is 9.51.